The van der Waals surface area contributed by atoms with Crippen LogP contribution in [0.4, 0.5) is 11.4 Å². The highest BCUT2D eigenvalue weighted by Gasteiger charge is 2.13. The van der Waals surface area contributed by atoms with Gasteiger partial charge in [0.05, 0.1) is 11.3 Å². The van der Waals surface area contributed by atoms with Crippen LogP contribution in [0.5, 0.6) is 0 Å². The van der Waals surface area contributed by atoms with Crippen LogP contribution < -0.4 is 16.6 Å². The van der Waals surface area contributed by atoms with Crippen molar-refractivity contribution in [1.82, 2.24) is 4.98 Å². The highest BCUT2D eigenvalue weighted by molar-refractivity contribution is 6.08. The molecule has 5 nitrogen and oxygen atoms in total. The highest BCUT2D eigenvalue weighted by atomic mass is 16.1. The molecule has 2 aromatic rings. The van der Waals surface area contributed by atoms with Crippen molar-refractivity contribution in [2.24, 2.45) is 5.84 Å². The van der Waals surface area contributed by atoms with Crippen molar-refractivity contribution in [3.63, 3.8) is 0 Å². The molecule has 104 valence electrons. The lowest BCUT2D eigenvalue weighted by Crippen LogP contribution is -2.18. The maximum absolute atomic E-state index is 12.3. The molecule has 1 aromatic heterocycles. The predicted octanol–water partition coefficient (Wildman–Crippen LogP) is 2.54. The molecule has 20 heavy (non-hydrogen) atoms. The Kier molecular flexibility index (Phi) is 4.00. The number of carbonyl (C=O) groups is 1. The molecule has 0 saturated carbocycles. The van der Waals surface area contributed by atoms with Gasteiger partial charge in [0.2, 0.25) is 0 Å². The molecule has 0 aliphatic carbocycles. The number of benzene rings is 1. The number of nitrogens with one attached hydrogen (secondary N) is 2. The number of nitrogens with two attached hydrogens (primary N) is 1. The first-order valence-corrected chi connectivity index (χ1v) is 6.32. The molecule has 0 unspecified atom stereocenters. The van der Waals surface area contributed by atoms with Crippen LogP contribution in [0.2, 0.25) is 0 Å². The van der Waals surface area contributed by atoms with Crippen LogP contribution in [-0.4, -0.2) is 10.9 Å². The summed E-state index contributed by atoms with van der Waals surface area (Å²) < 4.78 is 0. The van der Waals surface area contributed by atoms with Crippen molar-refractivity contribution in [3.05, 3.63) is 52.8 Å². The van der Waals surface area contributed by atoms with E-state index in [4.69, 9.17) is 5.84 Å². The second-order valence-corrected chi connectivity index (χ2v) is 4.79. The van der Waals surface area contributed by atoms with Gasteiger partial charge in [0.15, 0.2) is 0 Å². The summed E-state index contributed by atoms with van der Waals surface area (Å²) in [6.45, 7) is 5.98. The maximum Gasteiger partial charge on any atom is 0.259 e. The predicted molar refractivity (Wildman–Crippen MR) is 80.7 cm³/mol. The van der Waals surface area contributed by atoms with E-state index in [1.54, 1.807) is 12.3 Å². The number of pyridine rings is 1. The minimum Gasteiger partial charge on any atom is -0.323 e. The van der Waals surface area contributed by atoms with E-state index in [2.05, 4.69) is 15.7 Å². The van der Waals surface area contributed by atoms with E-state index in [0.717, 1.165) is 16.8 Å². The molecule has 0 saturated heterocycles. The van der Waals surface area contributed by atoms with Gasteiger partial charge in [0, 0.05) is 18.1 Å². The third-order valence-corrected chi connectivity index (χ3v) is 3.14. The average Bonchev–Trinajstić information content (AvgIpc) is 2.42. The number of hydrogen-bond donors (Lipinski definition) is 3. The fourth-order valence-electron chi connectivity index (χ4n) is 2.26. The molecule has 0 aliphatic rings. The van der Waals surface area contributed by atoms with Gasteiger partial charge in [-0.25, -0.2) is 0 Å². The van der Waals surface area contributed by atoms with Crippen molar-refractivity contribution in [1.29, 1.82) is 0 Å². The highest BCUT2D eigenvalue weighted by Crippen LogP contribution is 2.23. The summed E-state index contributed by atoms with van der Waals surface area (Å²) in [5.41, 5.74) is 7.51. The zero-order valence-electron chi connectivity index (χ0n) is 11.8. The zero-order valence-corrected chi connectivity index (χ0v) is 11.8. The van der Waals surface area contributed by atoms with Gasteiger partial charge in [0.1, 0.15) is 0 Å². The number of nitrogen functional groups attached to an aromatic ring is 1. The molecular formula is C15H18N4O. The van der Waals surface area contributed by atoms with E-state index in [-0.39, 0.29) is 5.91 Å². The van der Waals surface area contributed by atoms with Crippen LogP contribution in [0.3, 0.4) is 0 Å². The summed E-state index contributed by atoms with van der Waals surface area (Å²) in [5.74, 6) is 5.17. The summed E-state index contributed by atoms with van der Waals surface area (Å²) in [4.78, 5) is 16.3. The first kappa shape index (κ1) is 14.0. The molecule has 0 bridgehead atoms. The monoisotopic (exact) mass is 270 g/mol. The lowest BCUT2D eigenvalue weighted by molar-refractivity contribution is 0.102. The first-order valence-electron chi connectivity index (χ1n) is 6.32. The third-order valence-electron chi connectivity index (χ3n) is 3.14. The molecule has 0 radical (unpaired) electrons. The van der Waals surface area contributed by atoms with Gasteiger partial charge in [-0.2, -0.15) is 0 Å². The Bertz CT molecular complexity index is 629. The summed E-state index contributed by atoms with van der Waals surface area (Å²) >= 11 is 0. The second-order valence-electron chi connectivity index (χ2n) is 4.79. The van der Waals surface area contributed by atoms with Crippen LogP contribution in [-0.2, 0) is 0 Å². The molecule has 2 rings (SSSR count). The minimum absolute atomic E-state index is 0.235. The molecular weight excluding hydrogens is 252 g/mol. The largest absolute Gasteiger partial charge is 0.323 e. The van der Waals surface area contributed by atoms with Crippen molar-refractivity contribution >= 4 is 17.3 Å². The van der Waals surface area contributed by atoms with Crippen LogP contribution >= 0.6 is 0 Å². The van der Waals surface area contributed by atoms with Crippen LogP contribution in [0.15, 0.2) is 30.6 Å². The van der Waals surface area contributed by atoms with Crippen molar-refractivity contribution in [3.8, 4) is 0 Å². The number of aryl methyl sites for hydroxylation is 3. The Balaban J connectivity index is 2.33. The summed E-state index contributed by atoms with van der Waals surface area (Å²) in [7, 11) is 0. The number of hydrogen-bond acceptors (Lipinski definition) is 4. The normalized spacial score (nSPS) is 10.2. The Morgan fingerprint density at radius 3 is 2.45 bits per heavy atom. The van der Waals surface area contributed by atoms with Gasteiger partial charge in [-0.05, 0) is 38.0 Å². The van der Waals surface area contributed by atoms with Crippen molar-refractivity contribution in [2.45, 2.75) is 20.8 Å². The van der Waals surface area contributed by atoms with Gasteiger partial charge in [-0.15, -0.1) is 0 Å². The molecule has 0 atom stereocenters. The Labute approximate surface area is 118 Å². The van der Waals surface area contributed by atoms with Crippen LogP contribution in [0.1, 0.15) is 27.0 Å². The molecule has 1 heterocycles. The van der Waals surface area contributed by atoms with E-state index >= 15 is 0 Å². The van der Waals surface area contributed by atoms with Crippen molar-refractivity contribution < 1.29 is 4.79 Å². The fraction of sp³-hybridized carbons (Fsp3) is 0.200. The Morgan fingerprint density at radius 2 is 1.85 bits per heavy atom. The van der Waals surface area contributed by atoms with E-state index in [1.807, 2.05) is 32.9 Å². The third kappa shape index (κ3) is 2.78. The first-order chi connectivity index (χ1) is 9.52. The van der Waals surface area contributed by atoms with Crippen molar-refractivity contribution in [2.75, 3.05) is 10.7 Å². The van der Waals surface area contributed by atoms with E-state index in [9.17, 15) is 4.79 Å². The van der Waals surface area contributed by atoms with E-state index in [1.165, 1.54) is 11.8 Å². The molecule has 1 amide bonds. The molecule has 1 aromatic carbocycles. The maximum atomic E-state index is 12.3. The van der Waals surface area contributed by atoms with Gasteiger partial charge < -0.3 is 10.7 Å². The van der Waals surface area contributed by atoms with E-state index in [0.29, 0.717) is 11.3 Å². The number of aromatic nitrogens is 1. The van der Waals surface area contributed by atoms with Gasteiger partial charge in [-0.1, -0.05) is 17.7 Å². The number of anilines is 2. The number of carbonyl (C=O) groups excluding carboxylic acids is 1. The minimum atomic E-state index is -0.235. The summed E-state index contributed by atoms with van der Waals surface area (Å²) in [5, 5.41) is 2.92. The molecule has 5 heteroatoms. The standard InChI is InChI=1S/C15H18N4O/c1-9-6-10(2)14(11(3)7-9)18-15(20)12-8-17-5-4-13(12)19-16/h4-8H,16H2,1-3H3,(H,17,19)(H,18,20). The molecule has 4 N–H and O–H groups in total. The smallest absolute Gasteiger partial charge is 0.259 e. The van der Waals surface area contributed by atoms with Crippen LogP contribution in [0.25, 0.3) is 0 Å². The molecule has 0 aliphatic heterocycles. The van der Waals surface area contributed by atoms with E-state index < -0.39 is 0 Å². The zero-order chi connectivity index (χ0) is 14.7. The average molecular weight is 270 g/mol. The van der Waals surface area contributed by atoms with Gasteiger partial charge in [0.25, 0.3) is 5.91 Å². The topological polar surface area (TPSA) is 80.0 Å². The number of amides is 1. The Hall–Kier alpha value is -2.40. The van der Waals surface area contributed by atoms with Gasteiger partial charge in [-0.3, -0.25) is 15.6 Å². The summed E-state index contributed by atoms with van der Waals surface area (Å²) in [6, 6.07) is 5.73. The number of rotatable bonds is 3. The number of hydrazine groups is 1. The van der Waals surface area contributed by atoms with Crippen LogP contribution in [0, 0.1) is 20.8 Å². The fourth-order valence-corrected chi connectivity index (χ4v) is 2.26. The van der Waals surface area contributed by atoms with Gasteiger partial charge >= 0.3 is 0 Å². The second kappa shape index (κ2) is 5.71. The lowest BCUT2D eigenvalue weighted by atomic mass is 10.0. The molecule has 0 spiro atoms. The Morgan fingerprint density at radius 1 is 1.20 bits per heavy atom. The lowest BCUT2D eigenvalue weighted by Gasteiger charge is -2.14. The quantitative estimate of drug-likeness (QED) is 0.591. The SMILES string of the molecule is Cc1cc(C)c(NC(=O)c2cnccc2NN)c(C)c1. The number of nitrogens with zero attached hydrogens (tertiary/aromatic N) is 1. The summed E-state index contributed by atoms with van der Waals surface area (Å²) in [6.07, 6.45) is 3.07. The molecule has 0 fully saturated rings.